The second-order valence-corrected chi connectivity index (χ2v) is 7.58. The minimum atomic E-state index is -0.189. The van der Waals surface area contributed by atoms with Gasteiger partial charge in [0.2, 0.25) is 5.91 Å². The number of hydrogen-bond acceptors (Lipinski definition) is 3. The van der Waals surface area contributed by atoms with E-state index in [1.165, 1.54) is 0 Å². The fourth-order valence-electron chi connectivity index (χ4n) is 3.04. The number of hydrogen-bond donors (Lipinski definition) is 1. The number of anilines is 1. The summed E-state index contributed by atoms with van der Waals surface area (Å²) in [5, 5.41) is 3.54. The maximum absolute atomic E-state index is 12.2. The third kappa shape index (κ3) is 6.55. The Morgan fingerprint density at radius 3 is 2.56 bits per heavy atom. The van der Waals surface area contributed by atoms with Gasteiger partial charge >= 0.3 is 0 Å². The number of amides is 1. The predicted molar refractivity (Wildman–Crippen MR) is 135 cm³/mol. The molecule has 0 aliphatic heterocycles. The predicted octanol–water partition coefficient (Wildman–Crippen LogP) is 6.79. The molecule has 1 N–H and O–H groups in total. The molecule has 170 valence electrons. The van der Waals surface area contributed by atoms with Gasteiger partial charge in [-0.3, -0.25) is 4.79 Å². The van der Waals surface area contributed by atoms with Gasteiger partial charge in [0, 0.05) is 23.3 Å². The van der Waals surface area contributed by atoms with E-state index >= 15 is 0 Å². The molecule has 0 saturated heterocycles. The summed E-state index contributed by atoms with van der Waals surface area (Å²) in [7, 11) is 1.96. The summed E-state index contributed by atoms with van der Waals surface area (Å²) >= 11 is 6.10. The first-order valence-electron chi connectivity index (χ1n) is 10.8. The van der Waals surface area contributed by atoms with E-state index in [4.69, 9.17) is 16.3 Å². The summed E-state index contributed by atoms with van der Waals surface area (Å²) in [5.74, 6) is 0.650. The van der Waals surface area contributed by atoms with Gasteiger partial charge in [-0.2, -0.15) is 0 Å². The van der Waals surface area contributed by atoms with Gasteiger partial charge in [0.15, 0.2) is 0 Å². The monoisotopic (exact) mass is 453 g/mol. The average molecular weight is 454 g/mol. The third-order valence-electron chi connectivity index (χ3n) is 4.93. The number of aryl methyl sites for hydroxylation is 1. The Bertz CT molecular complexity index is 1100. The Morgan fingerprint density at radius 1 is 1.22 bits per heavy atom. The van der Waals surface area contributed by atoms with Crippen LogP contribution in [0.5, 0.6) is 0 Å². The van der Waals surface area contributed by atoms with Gasteiger partial charge in [-0.25, -0.2) is 4.98 Å². The molecule has 2 aromatic carbocycles. The Hall–Kier alpha value is -2.89. The standard InChI is InChI=1S/C24H26ClN3O2.C2H6/c1-5-6-7-16(2)17(3)30-15-23(29)26-20-11-8-18(9-12-20)24-27-21-13-10-19(25)14-22(21)28(24)4;1-2/h5-14,17H,15H2,1-4H3,(H,26,29);1-2H3/b6-5-,16-7-;. The molecule has 0 fully saturated rings. The first-order valence-corrected chi connectivity index (χ1v) is 11.2. The van der Waals surface area contributed by atoms with Gasteiger partial charge < -0.3 is 14.6 Å². The topological polar surface area (TPSA) is 56.1 Å². The largest absolute Gasteiger partial charge is 0.364 e. The number of imidazole rings is 1. The smallest absolute Gasteiger partial charge is 0.250 e. The molecule has 0 bridgehead atoms. The number of nitrogens with zero attached hydrogens (tertiary/aromatic N) is 2. The van der Waals surface area contributed by atoms with Crippen LogP contribution >= 0.6 is 11.6 Å². The summed E-state index contributed by atoms with van der Waals surface area (Å²) < 4.78 is 7.66. The van der Waals surface area contributed by atoms with Crippen LogP contribution in [0.15, 0.2) is 66.3 Å². The van der Waals surface area contributed by atoms with Crippen molar-refractivity contribution in [2.45, 2.75) is 40.7 Å². The van der Waals surface area contributed by atoms with Gasteiger partial charge in [-0.1, -0.05) is 43.7 Å². The molecule has 1 atom stereocenters. The minimum absolute atomic E-state index is 0.00451. The Morgan fingerprint density at radius 2 is 1.91 bits per heavy atom. The molecule has 0 radical (unpaired) electrons. The molecule has 1 amide bonds. The number of allylic oxidation sites excluding steroid dienone is 3. The lowest BCUT2D eigenvalue weighted by Gasteiger charge is -2.13. The fourth-order valence-corrected chi connectivity index (χ4v) is 3.20. The molecule has 32 heavy (non-hydrogen) atoms. The molecule has 0 aliphatic carbocycles. The van der Waals surface area contributed by atoms with Crippen molar-refractivity contribution in [2.75, 3.05) is 11.9 Å². The minimum Gasteiger partial charge on any atom is -0.364 e. The van der Waals surface area contributed by atoms with Crippen molar-refractivity contribution in [3.8, 4) is 11.4 Å². The van der Waals surface area contributed by atoms with Crippen LogP contribution in [0, 0.1) is 0 Å². The second kappa shape index (κ2) is 12.2. The molecular weight excluding hydrogens is 422 g/mol. The van der Waals surface area contributed by atoms with Crippen molar-refractivity contribution < 1.29 is 9.53 Å². The van der Waals surface area contributed by atoms with Crippen molar-refractivity contribution in [3.05, 3.63) is 71.3 Å². The van der Waals surface area contributed by atoms with E-state index in [-0.39, 0.29) is 18.6 Å². The third-order valence-corrected chi connectivity index (χ3v) is 5.16. The normalized spacial score (nSPS) is 12.5. The average Bonchev–Trinajstić information content (AvgIpc) is 3.13. The SMILES string of the molecule is C/C=C\C=C(\C)C(C)OCC(=O)Nc1ccc(-c2nc3ccc(Cl)cc3n2C)cc1.CC. The van der Waals surface area contributed by atoms with E-state index in [2.05, 4.69) is 10.3 Å². The van der Waals surface area contributed by atoms with Crippen molar-refractivity contribution in [1.82, 2.24) is 9.55 Å². The van der Waals surface area contributed by atoms with Crippen LogP contribution < -0.4 is 5.32 Å². The van der Waals surface area contributed by atoms with Crippen LogP contribution in [0.4, 0.5) is 5.69 Å². The molecular formula is C26H32ClN3O2. The summed E-state index contributed by atoms with van der Waals surface area (Å²) in [6.45, 7) is 9.87. The summed E-state index contributed by atoms with van der Waals surface area (Å²) in [5.41, 5.74) is 4.59. The fraction of sp³-hybridized carbons (Fsp3) is 0.308. The number of ether oxygens (including phenoxy) is 1. The highest BCUT2D eigenvalue weighted by atomic mass is 35.5. The van der Waals surface area contributed by atoms with Crippen molar-refractivity contribution >= 4 is 34.2 Å². The van der Waals surface area contributed by atoms with Crippen LogP contribution in [0.3, 0.4) is 0 Å². The van der Waals surface area contributed by atoms with E-state index in [9.17, 15) is 4.79 Å². The van der Waals surface area contributed by atoms with E-state index < -0.39 is 0 Å². The lowest BCUT2D eigenvalue weighted by Crippen LogP contribution is -2.22. The number of halogens is 1. The number of nitrogens with one attached hydrogen (secondary N) is 1. The molecule has 6 heteroatoms. The lowest BCUT2D eigenvalue weighted by molar-refractivity contribution is -0.121. The van der Waals surface area contributed by atoms with E-state index in [1.807, 2.05) is 107 Å². The van der Waals surface area contributed by atoms with Crippen molar-refractivity contribution in [2.24, 2.45) is 7.05 Å². The maximum Gasteiger partial charge on any atom is 0.250 e. The molecule has 0 spiro atoms. The molecule has 0 aliphatic rings. The van der Waals surface area contributed by atoms with Gasteiger partial charge in [-0.05, 0) is 68.8 Å². The highest BCUT2D eigenvalue weighted by Gasteiger charge is 2.11. The lowest BCUT2D eigenvalue weighted by atomic mass is 10.2. The summed E-state index contributed by atoms with van der Waals surface area (Å²) in [6, 6.07) is 13.2. The van der Waals surface area contributed by atoms with Crippen LogP contribution in [0.1, 0.15) is 34.6 Å². The van der Waals surface area contributed by atoms with Gasteiger partial charge in [0.25, 0.3) is 0 Å². The number of rotatable bonds is 7. The van der Waals surface area contributed by atoms with Crippen molar-refractivity contribution in [3.63, 3.8) is 0 Å². The van der Waals surface area contributed by atoms with Crippen molar-refractivity contribution in [1.29, 1.82) is 0 Å². The molecule has 3 aromatic rings. The Kier molecular flexibility index (Phi) is 9.69. The summed E-state index contributed by atoms with van der Waals surface area (Å²) in [4.78, 5) is 16.9. The Balaban J connectivity index is 0.00000176. The van der Waals surface area contributed by atoms with E-state index in [1.54, 1.807) is 0 Å². The molecule has 1 heterocycles. The van der Waals surface area contributed by atoms with Gasteiger partial charge in [-0.15, -0.1) is 0 Å². The molecule has 1 unspecified atom stereocenters. The van der Waals surface area contributed by atoms with Crippen LogP contribution in [-0.4, -0.2) is 28.2 Å². The van der Waals surface area contributed by atoms with Crippen LogP contribution in [0.2, 0.25) is 5.02 Å². The number of benzene rings is 2. The zero-order chi connectivity index (χ0) is 23.7. The summed E-state index contributed by atoms with van der Waals surface area (Å²) in [6.07, 6.45) is 5.77. The molecule has 1 aromatic heterocycles. The highest BCUT2D eigenvalue weighted by Crippen LogP contribution is 2.26. The quantitative estimate of drug-likeness (QED) is 0.401. The Labute approximate surface area is 195 Å². The molecule has 5 nitrogen and oxygen atoms in total. The first kappa shape index (κ1) is 25.4. The van der Waals surface area contributed by atoms with Crippen LogP contribution in [0.25, 0.3) is 22.4 Å². The number of carbonyl (C=O) groups excluding carboxylic acids is 1. The van der Waals surface area contributed by atoms with Gasteiger partial charge in [0.1, 0.15) is 12.4 Å². The zero-order valence-corrected chi connectivity index (χ0v) is 20.4. The maximum atomic E-state index is 12.2. The molecule has 3 rings (SSSR count). The second-order valence-electron chi connectivity index (χ2n) is 7.14. The van der Waals surface area contributed by atoms with E-state index in [0.717, 1.165) is 28.0 Å². The number of fused-ring (bicyclic) bond motifs is 1. The highest BCUT2D eigenvalue weighted by molar-refractivity contribution is 6.31. The van der Waals surface area contributed by atoms with Gasteiger partial charge in [0.05, 0.1) is 17.1 Å². The van der Waals surface area contributed by atoms with Crippen LogP contribution in [-0.2, 0) is 16.6 Å². The zero-order valence-electron chi connectivity index (χ0n) is 19.6. The molecule has 0 saturated carbocycles. The number of aromatic nitrogens is 2. The first-order chi connectivity index (χ1) is 15.4. The number of carbonyl (C=O) groups is 1. The van der Waals surface area contributed by atoms with E-state index in [0.29, 0.717) is 10.7 Å².